The van der Waals surface area contributed by atoms with Crippen molar-refractivity contribution < 1.29 is 4.79 Å². The highest BCUT2D eigenvalue weighted by atomic mass is 79.9. The number of rotatable bonds is 5. The van der Waals surface area contributed by atoms with E-state index in [1.54, 1.807) is 11.3 Å². The van der Waals surface area contributed by atoms with E-state index in [1.807, 2.05) is 0 Å². The van der Waals surface area contributed by atoms with Gasteiger partial charge in [-0.05, 0) is 49.7 Å². The molecule has 1 aromatic heterocycles. The number of thiophene rings is 1. The molecule has 1 aliphatic carbocycles. The van der Waals surface area contributed by atoms with E-state index in [0.717, 1.165) is 24.1 Å². The average molecular weight is 344 g/mol. The van der Waals surface area contributed by atoms with Gasteiger partial charge < -0.3 is 5.32 Å². The minimum Gasteiger partial charge on any atom is -0.350 e. The first kappa shape index (κ1) is 15.0. The van der Waals surface area contributed by atoms with E-state index < -0.39 is 0 Å². The molecule has 0 fully saturated rings. The molecule has 0 aliphatic heterocycles. The van der Waals surface area contributed by atoms with Crippen LogP contribution in [0, 0.1) is 5.92 Å². The van der Waals surface area contributed by atoms with Crippen LogP contribution in [0.25, 0.3) is 0 Å². The first-order valence-electron chi connectivity index (χ1n) is 7.10. The van der Waals surface area contributed by atoms with Crippen molar-refractivity contribution in [1.29, 1.82) is 0 Å². The second-order valence-corrected chi connectivity index (χ2v) is 8.13. The first-order chi connectivity index (χ1) is 9.06. The van der Waals surface area contributed by atoms with E-state index in [9.17, 15) is 4.79 Å². The van der Waals surface area contributed by atoms with Crippen molar-refractivity contribution in [3.63, 3.8) is 0 Å². The van der Waals surface area contributed by atoms with E-state index in [-0.39, 0.29) is 5.91 Å². The topological polar surface area (TPSA) is 29.1 Å². The zero-order valence-corrected chi connectivity index (χ0v) is 14.1. The van der Waals surface area contributed by atoms with E-state index in [4.69, 9.17) is 0 Å². The Kier molecular flexibility index (Phi) is 5.46. The number of hydrogen-bond acceptors (Lipinski definition) is 2. The highest BCUT2D eigenvalue weighted by molar-refractivity contribution is 9.09. The van der Waals surface area contributed by atoms with Crippen LogP contribution in [-0.2, 0) is 12.8 Å². The molecular formula is C15H22BrNOS. The van der Waals surface area contributed by atoms with Crippen LogP contribution in [0.15, 0.2) is 6.07 Å². The number of carbonyl (C=O) groups is 1. The van der Waals surface area contributed by atoms with Crippen molar-refractivity contribution >= 4 is 33.2 Å². The van der Waals surface area contributed by atoms with Crippen LogP contribution < -0.4 is 5.32 Å². The molecule has 1 aromatic rings. The highest BCUT2D eigenvalue weighted by Crippen LogP contribution is 2.29. The van der Waals surface area contributed by atoms with Gasteiger partial charge in [-0.15, -0.1) is 11.3 Å². The summed E-state index contributed by atoms with van der Waals surface area (Å²) in [5, 5.41) is 3.04. The maximum atomic E-state index is 12.1. The zero-order chi connectivity index (χ0) is 13.8. The predicted molar refractivity (Wildman–Crippen MR) is 85.5 cm³/mol. The first-order valence-corrected chi connectivity index (χ1v) is 8.83. The maximum Gasteiger partial charge on any atom is 0.261 e. The Balaban J connectivity index is 1.87. The fourth-order valence-corrected chi connectivity index (χ4v) is 4.57. The Labute approximate surface area is 128 Å². The molecule has 1 aliphatic rings. The molecule has 1 heterocycles. The highest BCUT2D eigenvalue weighted by Gasteiger charge is 2.17. The lowest BCUT2D eigenvalue weighted by Gasteiger charge is -2.12. The minimum atomic E-state index is 0.0904. The summed E-state index contributed by atoms with van der Waals surface area (Å²) < 4.78 is 0. The molecule has 0 bridgehead atoms. The SMILES string of the molecule is CC(C)CC(Br)CNC(=O)c1cc2c(s1)CCCC2. The lowest BCUT2D eigenvalue weighted by atomic mass is 9.99. The van der Waals surface area contributed by atoms with Gasteiger partial charge in [0.2, 0.25) is 0 Å². The van der Waals surface area contributed by atoms with Crippen LogP contribution in [0.3, 0.4) is 0 Å². The molecular weight excluding hydrogens is 322 g/mol. The molecule has 19 heavy (non-hydrogen) atoms. The minimum absolute atomic E-state index is 0.0904. The summed E-state index contributed by atoms with van der Waals surface area (Å²) in [5.74, 6) is 0.739. The van der Waals surface area contributed by atoms with Crippen LogP contribution >= 0.6 is 27.3 Å². The number of nitrogens with one attached hydrogen (secondary N) is 1. The molecule has 0 saturated heterocycles. The molecule has 0 radical (unpaired) electrons. The lowest BCUT2D eigenvalue weighted by molar-refractivity contribution is 0.0957. The molecule has 4 heteroatoms. The van der Waals surface area contributed by atoms with Gasteiger partial charge in [0.1, 0.15) is 0 Å². The number of fused-ring (bicyclic) bond motifs is 1. The molecule has 0 spiro atoms. The predicted octanol–water partition coefficient (Wildman–Crippen LogP) is 4.17. The molecule has 0 saturated carbocycles. The summed E-state index contributed by atoms with van der Waals surface area (Å²) in [5.41, 5.74) is 1.40. The second-order valence-electron chi connectivity index (χ2n) is 5.70. The summed E-state index contributed by atoms with van der Waals surface area (Å²) in [4.78, 5) is 14.8. The molecule has 2 nitrogen and oxygen atoms in total. The Morgan fingerprint density at radius 3 is 2.84 bits per heavy atom. The molecule has 1 N–H and O–H groups in total. The van der Waals surface area contributed by atoms with Crippen LogP contribution in [0.5, 0.6) is 0 Å². The van der Waals surface area contributed by atoms with Crippen LogP contribution in [0.2, 0.25) is 0 Å². The van der Waals surface area contributed by atoms with Gasteiger partial charge in [-0.25, -0.2) is 0 Å². The van der Waals surface area contributed by atoms with E-state index in [0.29, 0.717) is 17.3 Å². The fraction of sp³-hybridized carbons (Fsp3) is 0.667. The summed E-state index contributed by atoms with van der Waals surface area (Å²) in [6.07, 6.45) is 5.92. The maximum absolute atomic E-state index is 12.1. The largest absolute Gasteiger partial charge is 0.350 e. The van der Waals surface area contributed by atoms with E-state index >= 15 is 0 Å². The van der Waals surface area contributed by atoms with Crippen LogP contribution in [0.4, 0.5) is 0 Å². The number of carbonyl (C=O) groups excluding carboxylic acids is 1. The Morgan fingerprint density at radius 1 is 1.42 bits per heavy atom. The van der Waals surface area contributed by atoms with E-state index in [2.05, 4.69) is 41.2 Å². The quantitative estimate of drug-likeness (QED) is 0.798. The van der Waals surface area contributed by atoms with Gasteiger partial charge in [0.05, 0.1) is 4.88 Å². The number of amides is 1. The number of aryl methyl sites for hydroxylation is 2. The third-order valence-corrected chi connectivity index (χ3v) is 5.37. The molecule has 0 aromatic carbocycles. The smallest absolute Gasteiger partial charge is 0.261 e. The van der Waals surface area contributed by atoms with Crippen molar-refractivity contribution in [2.45, 2.75) is 50.8 Å². The monoisotopic (exact) mass is 343 g/mol. The van der Waals surface area contributed by atoms with Gasteiger partial charge in [0.25, 0.3) is 5.91 Å². The van der Waals surface area contributed by atoms with Crippen molar-refractivity contribution in [2.24, 2.45) is 5.92 Å². The molecule has 106 valence electrons. The van der Waals surface area contributed by atoms with Gasteiger partial charge >= 0.3 is 0 Å². The van der Waals surface area contributed by atoms with Gasteiger partial charge in [0, 0.05) is 16.2 Å². The summed E-state index contributed by atoms with van der Waals surface area (Å²) in [6, 6.07) is 2.10. The number of halogens is 1. The van der Waals surface area contributed by atoms with Crippen LogP contribution in [0.1, 0.15) is 53.2 Å². The van der Waals surface area contributed by atoms with Gasteiger partial charge in [-0.2, -0.15) is 0 Å². The Morgan fingerprint density at radius 2 is 2.16 bits per heavy atom. The summed E-state index contributed by atoms with van der Waals surface area (Å²) >= 11 is 5.31. The molecule has 1 unspecified atom stereocenters. The third-order valence-electron chi connectivity index (χ3n) is 3.43. The van der Waals surface area contributed by atoms with Crippen LogP contribution in [-0.4, -0.2) is 17.3 Å². The standard InChI is InChI=1S/C15H22BrNOS/c1-10(2)7-12(16)9-17-15(18)14-8-11-5-3-4-6-13(11)19-14/h8,10,12H,3-7,9H2,1-2H3,(H,17,18). The van der Waals surface area contributed by atoms with Crippen molar-refractivity contribution in [3.8, 4) is 0 Å². The van der Waals surface area contributed by atoms with Crippen molar-refractivity contribution in [1.82, 2.24) is 5.32 Å². The molecule has 1 amide bonds. The van der Waals surface area contributed by atoms with E-state index in [1.165, 1.54) is 23.3 Å². The van der Waals surface area contributed by atoms with Crippen molar-refractivity contribution in [2.75, 3.05) is 6.54 Å². The van der Waals surface area contributed by atoms with Gasteiger partial charge in [0.15, 0.2) is 0 Å². The normalized spacial score (nSPS) is 16.2. The average Bonchev–Trinajstić information content (AvgIpc) is 2.78. The molecule has 2 rings (SSSR count). The van der Waals surface area contributed by atoms with Gasteiger partial charge in [-0.1, -0.05) is 29.8 Å². The number of alkyl halides is 1. The lowest BCUT2D eigenvalue weighted by Crippen LogP contribution is -2.29. The van der Waals surface area contributed by atoms with Crippen molar-refractivity contribution in [3.05, 3.63) is 21.4 Å². The number of hydrogen-bond donors (Lipinski definition) is 1. The second kappa shape index (κ2) is 6.89. The third kappa shape index (κ3) is 4.32. The summed E-state index contributed by atoms with van der Waals surface area (Å²) in [7, 11) is 0. The van der Waals surface area contributed by atoms with Gasteiger partial charge in [-0.3, -0.25) is 4.79 Å². The Bertz CT molecular complexity index is 418. The summed E-state index contributed by atoms with van der Waals surface area (Å²) in [6.45, 7) is 5.10. The fourth-order valence-electron chi connectivity index (χ4n) is 2.49. The molecule has 1 atom stereocenters. The zero-order valence-electron chi connectivity index (χ0n) is 11.7. The Hall–Kier alpha value is -0.350.